The Bertz CT molecular complexity index is 482. The molecule has 21 heavy (non-hydrogen) atoms. The standard InChI is InChI=1S/C14H25N3O3S/c1-12-11-21-14(19)17(12)4-3-15(2)9-13(18)10-16-5-7-20-8-6-16/h11,13,18H,3-10H2,1-2H3. The van der Waals surface area contributed by atoms with E-state index >= 15 is 0 Å². The lowest BCUT2D eigenvalue weighted by molar-refractivity contribution is 0.00854. The molecule has 0 amide bonds. The normalized spacial score (nSPS) is 18.3. The summed E-state index contributed by atoms with van der Waals surface area (Å²) in [6.45, 7) is 7.98. The van der Waals surface area contributed by atoms with E-state index in [1.807, 2.05) is 19.4 Å². The zero-order chi connectivity index (χ0) is 15.2. The number of aliphatic hydroxyl groups excluding tert-OH is 1. The van der Waals surface area contributed by atoms with Crippen LogP contribution in [-0.2, 0) is 11.3 Å². The van der Waals surface area contributed by atoms with Crippen molar-refractivity contribution >= 4 is 11.3 Å². The molecule has 1 saturated heterocycles. The summed E-state index contributed by atoms with van der Waals surface area (Å²) in [4.78, 5) is 16.0. The van der Waals surface area contributed by atoms with Gasteiger partial charge < -0.3 is 19.3 Å². The number of hydrogen-bond acceptors (Lipinski definition) is 6. The number of nitrogens with zero attached hydrogens (tertiary/aromatic N) is 3. The first-order valence-corrected chi connectivity index (χ1v) is 8.26. The van der Waals surface area contributed by atoms with Crippen molar-refractivity contribution in [3.63, 3.8) is 0 Å². The summed E-state index contributed by atoms with van der Waals surface area (Å²) in [6.07, 6.45) is -0.367. The Kier molecular flexibility index (Phi) is 6.38. The topological polar surface area (TPSA) is 57.9 Å². The molecule has 1 aromatic rings. The third kappa shape index (κ3) is 5.19. The van der Waals surface area contributed by atoms with Crippen LogP contribution in [0.4, 0.5) is 0 Å². The smallest absolute Gasteiger partial charge is 0.307 e. The van der Waals surface area contributed by atoms with Crippen LogP contribution in [-0.4, -0.2) is 78.6 Å². The third-order valence-electron chi connectivity index (χ3n) is 3.78. The Morgan fingerprint density at radius 3 is 2.81 bits per heavy atom. The number of morpholine rings is 1. The quantitative estimate of drug-likeness (QED) is 0.758. The highest BCUT2D eigenvalue weighted by molar-refractivity contribution is 7.07. The monoisotopic (exact) mass is 315 g/mol. The fourth-order valence-electron chi connectivity index (χ4n) is 2.54. The van der Waals surface area contributed by atoms with Gasteiger partial charge in [-0.25, -0.2) is 0 Å². The first-order valence-electron chi connectivity index (χ1n) is 7.38. The molecule has 1 aliphatic rings. The maximum absolute atomic E-state index is 11.6. The highest BCUT2D eigenvalue weighted by Crippen LogP contribution is 2.02. The summed E-state index contributed by atoms with van der Waals surface area (Å²) in [5.74, 6) is 0. The van der Waals surface area contributed by atoms with Crippen molar-refractivity contribution in [2.24, 2.45) is 0 Å². The number of thiazole rings is 1. The highest BCUT2D eigenvalue weighted by atomic mass is 32.1. The second kappa shape index (κ2) is 8.05. The van der Waals surface area contributed by atoms with Gasteiger partial charge >= 0.3 is 4.87 Å². The van der Waals surface area contributed by atoms with Crippen LogP contribution in [0.5, 0.6) is 0 Å². The molecule has 7 heteroatoms. The Labute approximate surface area is 129 Å². The van der Waals surface area contributed by atoms with E-state index < -0.39 is 0 Å². The molecule has 0 radical (unpaired) electrons. The summed E-state index contributed by atoms with van der Waals surface area (Å²) in [5, 5.41) is 12.0. The van der Waals surface area contributed by atoms with E-state index in [1.54, 1.807) is 4.57 Å². The van der Waals surface area contributed by atoms with E-state index in [4.69, 9.17) is 4.74 Å². The molecule has 1 fully saturated rings. The molecule has 0 saturated carbocycles. The zero-order valence-corrected chi connectivity index (χ0v) is 13.6. The van der Waals surface area contributed by atoms with Crippen LogP contribution in [0.3, 0.4) is 0 Å². The SMILES string of the molecule is Cc1csc(=O)n1CCN(C)CC(O)CN1CCOCC1. The summed E-state index contributed by atoms with van der Waals surface area (Å²) < 4.78 is 7.09. The van der Waals surface area contributed by atoms with E-state index in [0.29, 0.717) is 19.6 Å². The molecular weight excluding hydrogens is 290 g/mol. The predicted molar refractivity (Wildman–Crippen MR) is 84.1 cm³/mol. The van der Waals surface area contributed by atoms with Gasteiger partial charge in [0.2, 0.25) is 0 Å². The first kappa shape index (κ1) is 16.6. The summed E-state index contributed by atoms with van der Waals surface area (Å²) in [7, 11) is 1.98. The maximum Gasteiger partial charge on any atom is 0.307 e. The number of aliphatic hydroxyl groups is 1. The lowest BCUT2D eigenvalue weighted by atomic mass is 10.3. The van der Waals surface area contributed by atoms with Crippen molar-refractivity contribution in [3.8, 4) is 0 Å². The van der Waals surface area contributed by atoms with Crippen molar-refractivity contribution < 1.29 is 9.84 Å². The molecule has 0 aromatic carbocycles. The Hall–Kier alpha value is -0.730. The van der Waals surface area contributed by atoms with Gasteiger partial charge in [-0.05, 0) is 14.0 Å². The molecule has 1 N–H and O–H groups in total. The van der Waals surface area contributed by atoms with Crippen molar-refractivity contribution in [3.05, 3.63) is 20.7 Å². The minimum Gasteiger partial charge on any atom is -0.390 e. The fourth-order valence-corrected chi connectivity index (χ4v) is 3.30. The van der Waals surface area contributed by atoms with E-state index in [1.165, 1.54) is 11.3 Å². The Balaban J connectivity index is 1.71. The van der Waals surface area contributed by atoms with Gasteiger partial charge in [0.1, 0.15) is 0 Å². The first-order chi connectivity index (χ1) is 10.1. The third-order valence-corrected chi connectivity index (χ3v) is 4.66. The van der Waals surface area contributed by atoms with Gasteiger partial charge in [0.05, 0.1) is 19.3 Å². The molecule has 1 unspecified atom stereocenters. The van der Waals surface area contributed by atoms with E-state index in [0.717, 1.165) is 38.5 Å². The minimum absolute atomic E-state index is 0.0924. The van der Waals surface area contributed by atoms with E-state index in [9.17, 15) is 9.90 Å². The zero-order valence-electron chi connectivity index (χ0n) is 12.8. The molecule has 2 rings (SSSR count). The van der Waals surface area contributed by atoms with Crippen LogP contribution >= 0.6 is 11.3 Å². The average Bonchev–Trinajstić information content (AvgIpc) is 2.77. The van der Waals surface area contributed by atoms with Crippen molar-refractivity contribution in [2.75, 3.05) is 53.0 Å². The van der Waals surface area contributed by atoms with Crippen molar-refractivity contribution in [1.82, 2.24) is 14.4 Å². The molecule has 2 heterocycles. The average molecular weight is 315 g/mol. The molecule has 1 aromatic heterocycles. The van der Waals surface area contributed by atoms with Crippen molar-refractivity contribution in [1.29, 1.82) is 0 Å². The molecular formula is C14H25N3O3S. The molecule has 120 valence electrons. The second-order valence-corrected chi connectivity index (χ2v) is 6.44. The molecule has 1 aliphatic heterocycles. The van der Waals surface area contributed by atoms with Gasteiger partial charge in [0, 0.05) is 50.3 Å². The highest BCUT2D eigenvalue weighted by Gasteiger charge is 2.16. The maximum atomic E-state index is 11.6. The van der Waals surface area contributed by atoms with Gasteiger partial charge in [-0.15, -0.1) is 0 Å². The van der Waals surface area contributed by atoms with Gasteiger partial charge in [0.15, 0.2) is 0 Å². The number of rotatable bonds is 7. The van der Waals surface area contributed by atoms with Crippen LogP contribution in [0.2, 0.25) is 0 Å². The van der Waals surface area contributed by atoms with Crippen LogP contribution in [0.1, 0.15) is 5.69 Å². The Morgan fingerprint density at radius 2 is 2.19 bits per heavy atom. The number of ether oxygens (including phenoxy) is 1. The van der Waals surface area contributed by atoms with Gasteiger partial charge in [-0.2, -0.15) is 0 Å². The molecule has 0 spiro atoms. The van der Waals surface area contributed by atoms with Crippen LogP contribution < -0.4 is 4.87 Å². The van der Waals surface area contributed by atoms with Gasteiger partial charge in [-0.3, -0.25) is 9.69 Å². The number of aryl methyl sites for hydroxylation is 1. The largest absolute Gasteiger partial charge is 0.390 e. The van der Waals surface area contributed by atoms with E-state index in [2.05, 4.69) is 9.80 Å². The summed E-state index contributed by atoms with van der Waals surface area (Å²) in [5.41, 5.74) is 1.01. The number of aromatic nitrogens is 1. The lowest BCUT2D eigenvalue weighted by Crippen LogP contribution is -2.44. The molecule has 6 nitrogen and oxygen atoms in total. The summed E-state index contributed by atoms with van der Waals surface area (Å²) in [6, 6.07) is 0. The molecule has 1 atom stereocenters. The minimum atomic E-state index is -0.367. The van der Waals surface area contributed by atoms with Gasteiger partial charge in [-0.1, -0.05) is 11.3 Å². The number of likely N-dealkylation sites (N-methyl/N-ethyl adjacent to an activating group) is 1. The molecule has 0 aliphatic carbocycles. The van der Waals surface area contributed by atoms with Crippen LogP contribution in [0.15, 0.2) is 10.2 Å². The van der Waals surface area contributed by atoms with Crippen LogP contribution in [0.25, 0.3) is 0 Å². The Morgan fingerprint density at radius 1 is 1.48 bits per heavy atom. The number of hydrogen-bond donors (Lipinski definition) is 1. The summed E-state index contributed by atoms with van der Waals surface area (Å²) >= 11 is 1.24. The lowest BCUT2D eigenvalue weighted by Gasteiger charge is -2.30. The predicted octanol–water partition coefficient (Wildman–Crippen LogP) is -0.157. The van der Waals surface area contributed by atoms with Gasteiger partial charge in [0.25, 0.3) is 0 Å². The fraction of sp³-hybridized carbons (Fsp3) is 0.786. The number of β-amino-alcohol motifs (C(OH)–C–C–N with tert-alkyl or cyclic N) is 1. The second-order valence-electron chi connectivity index (χ2n) is 5.62. The van der Waals surface area contributed by atoms with E-state index in [-0.39, 0.29) is 11.0 Å². The van der Waals surface area contributed by atoms with Crippen molar-refractivity contribution in [2.45, 2.75) is 19.6 Å². The molecule has 0 bridgehead atoms. The van der Waals surface area contributed by atoms with Crippen LogP contribution in [0, 0.1) is 6.92 Å².